The molecule has 1 unspecified atom stereocenters. The van der Waals surface area contributed by atoms with E-state index in [1.165, 1.54) is 18.2 Å². The fourth-order valence-corrected chi connectivity index (χ4v) is 6.64. The summed E-state index contributed by atoms with van der Waals surface area (Å²) in [6.45, 7) is 7.72. The first-order valence-corrected chi connectivity index (χ1v) is 15.1. The molecule has 41 heavy (non-hydrogen) atoms. The van der Waals surface area contributed by atoms with Gasteiger partial charge in [0.05, 0.1) is 17.4 Å². The predicted molar refractivity (Wildman–Crippen MR) is 145 cm³/mol. The summed E-state index contributed by atoms with van der Waals surface area (Å²) in [6.07, 6.45) is 5.43. The van der Waals surface area contributed by atoms with Gasteiger partial charge in [-0.25, -0.2) is 17.6 Å². The summed E-state index contributed by atoms with van der Waals surface area (Å²) in [5.74, 6) is -4.19. The normalized spacial score (nSPS) is 31.1. The number of sulfonamides is 1. The van der Waals surface area contributed by atoms with Crippen molar-refractivity contribution in [2.24, 2.45) is 11.8 Å². The highest BCUT2D eigenvalue weighted by Crippen LogP contribution is 2.46. The van der Waals surface area contributed by atoms with E-state index in [2.05, 4.69) is 21.9 Å². The minimum Gasteiger partial charge on any atom is -0.444 e. The number of amides is 4. The van der Waals surface area contributed by atoms with Gasteiger partial charge in [0.25, 0.3) is 5.91 Å². The van der Waals surface area contributed by atoms with E-state index in [0.29, 0.717) is 12.8 Å². The molecule has 1 aliphatic heterocycles. The Kier molecular flexibility index (Phi) is 8.13. The Morgan fingerprint density at radius 3 is 2.49 bits per heavy atom. The minimum absolute atomic E-state index is 0.0980. The van der Waals surface area contributed by atoms with Crippen molar-refractivity contribution in [2.75, 3.05) is 13.1 Å². The minimum atomic E-state index is -3.90. The van der Waals surface area contributed by atoms with Crippen LogP contribution in [0, 0.1) is 11.8 Å². The first-order valence-electron chi connectivity index (χ1n) is 13.5. The van der Waals surface area contributed by atoms with Crippen molar-refractivity contribution in [1.29, 1.82) is 0 Å². The smallest absolute Gasteiger partial charge is 0.408 e. The van der Waals surface area contributed by atoms with Gasteiger partial charge < -0.3 is 25.4 Å². The lowest BCUT2D eigenvalue weighted by molar-refractivity contribution is -0.139. The van der Waals surface area contributed by atoms with Gasteiger partial charge in [-0.15, -0.1) is 6.58 Å². The van der Waals surface area contributed by atoms with Crippen molar-refractivity contribution in [3.63, 3.8) is 0 Å². The van der Waals surface area contributed by atoms with Crippen LogP contribution in [0.3, 0.4) is 0 Å². The molecule has 0 aromatic heterocycles. The molecule has 4 aliphatic rings. The van der Waals surface area contributed by atoms with Gasteiger partial charge in [0, 0.05) is 24.7 Å². The van der Waals surface area contributed by atoms with E-state index in [9.17, 15) is 37.1 Å². The molecule has 226 valence electrons. The molecule has 2 saturated carbocycles. The number of likely N-dealkylation sites (tertiary alicyclic amines) is 1. The molecular weight excluding hydrogens is 559 g/mol. The summed E-state index contributed by atoms with van der Waals surface area (Å²) >= 11 is 0. The maximum absolute atomic E-state index is 14.1. The number of carbonyl (C=O) groups excluding carboxylic acids is 4. The van der Waals surface area contributed by atoms with Crippen molar-refractivity contribution in [3.8, 4) is 0 Å². The lowest BCUT2D eigenvalue weighted by Gasteiger charge is -2.31. The van der Waals surface area contributed by atoms with Crippen LogP contribution in [0.2, 0.25) is 0 Å². The van der Waals surface area contributed by atoms with Gasteiger partial charge in [0.15, 0.2) is 0 Å². The number of nitrogens with zero attached hydrogens (tertiary/aromatic N) is 1. The van der Waals surface area contributed by atoms with Crippen LogP contribution >= 0.6 is 0 Å². The highest BCUT2D eigenvalue weighted by Gasteiger charge is 2.62. The summed E-state index contributed by atoms with van der Waals surface area (Å²) in [7, 11) is -3.90. The predicted octanol–water partition coefficient (Wildman–Crippen LogP) is 0.942. The van der Waals surface area contributed by atoms with Gasteiger partial charge in [0.2, 0.25) is 21.8 Å². The van der Waals surface area contributed by atoms with Gasteiger partial charge in [-0.2, -0.15) is 0 Å². The second kappa shape index (κ2) is 10.9. The van der Waals surface area contributed by atoms with Crippen molar-refractivity contribution < 1.29 is 41.8 Å². The number of aliphatic hydroxyl groups is 1. The van der Waals surface area contributed by atoms with Crippen LogP contribution in [0.15, 0.2) is 36.7 Å². The molecule has 4 amide bonds. The summed E-state index contributed by atoms with van der Waals surface area (Å²) in [4.78, 5) is 53.2. The second-order valence-corrected chi connectivity index (χ2v) is 14.2. The number of nitrogens with one attached hydrogen (secondary N) is 3. The molecule has 4 N–H and O–H groups in total. The van der Waals surface area contributed by atoms with Crippen LogP contribution in [-0.4, -0.2) is 83.4 Å². The number of β-amino-alcohol motifs (C(OH)–C–C–N with tert-alkyl or cyclic N) is 1. The van der Waals surface area contributed by atoms with E-state index < -0.39 is 86.1 Å². The highest BCUT2D eigenvalue weighted by molar-refractivity contribution is 7.91. The SMILES string of the molecule is C=C[C@@H]1C[C@]1(NC(=O)[C@@H]1C[C@@](O)(C2C=CC=C(F)C2)CN1C(=O)CNC(=O)OC(C)(C)C)C(=O)NS(=O)(=O)C1CC1. The number of halogens is 1. The molecule has 1 heterocycles. The number of rotatable bonds is 9. The fourth-order valence-electron chi connectivity index (χ4n) is 5.27. The zero-order chi connectivity index (χ0) is 30.4. The van der Waals surface area contributed by atoms with Gasteiger partial charge in [-0.3, -0.25) is 19.1 Å². The molecule has 5 atom stereocenters. The summed E-state index contributed by atoms with van der Waals surface area (Å²) in [6, 6.07) is -1.30. The molecule has 14 heteroatoms. The van der Waals surface area contributed by atoms with E-state index in [1.807, 2.05) is 0 Å². The number of allylic oxidation sites excluding steroid dienone is 3. The molecule has 0 aromatic carbocycles. The monoisotopic (exact) mass is 596 g/mol. The Hall–Kier alpha value is -3.26. The lowest BCUT2D eigenvalue weighted by atomic mass is 9.80. The Morgan fingerprint density at radius 1 is 1.24 bits per heavy atom. The van der Waals surface area contributed by atoms with Gasteiger partial charge in [-0.1, -0.05) is 18.2 Å². The van der Waals surface area contributed by atoms with Gasteiger partial charge in [-0.05, 0) is 46.1 Å². The Labute approximate surface area is 238 Å². The third-order valence-electron chi connectivity index (χ3n) is 7.75. The van der Waals surface area contributed by atoms with Crippen molar-refractivity contribution in [2.45, 2.75) is 80.9 Å². The summed E-state index contributed by atoms with van der Waals surface area (Å²) in [5, 5.41) is 15.8. The maximum atomic E-state index is 14.1. The topological polar surface area (TPSA) is 171 Å². The van der Waals surface area contributed by atoms with Crippen molar-refractivity contribution in [1.82, 2.24) is 20.3 Å². The third kappa shape index (κ3) is 6.80. The maximum Gasteiger partial charge on any atom is 0.408 e. The molecular formula is C27H37FN4O8S. The molecule has 3 aliphatic carbocycles. The quantitative estimate of drug-likeness (QED) is 0.285. The van der Waals surface area contributed by atoms with Gasteiger partial charge >= 0.3 is 6.09 Å². The standard InChI is InChI=1S/C27H37FN4O8S/c1-5-16-12-27(16,23(35)31-41(38,39)19-9-10-19)30-22(34)20-13-26(37,17-7-6-8-18(28)11-17)15-32(20)21(33)14-29-24(36)40-25(2,3)4/h5-8,16-17,19-20,37H,1,9-15H2,2-4H3,(H,29,36)(H,30,34)(H,31,35)/t16-,17?,20+,26+,27-/m1/s1. The van der Waals surface area contributed by atoms with Crippen LogP contribution in [0.1, 0.15) is 52.9 Å². The first kappa shape index (κ1) is 30.7. The Balaban J connectivity index is 1.53. The highest BCUT2D eigenvalue weighted by atomic mass is 32.2. The van der Waals surface area contributed by atoms with Crippen LogP contribution < -0.4 is 15.4 Å². The van der Waals surface area contributed by atoms with E-state index in [4.69, 9.17) is 4.74 Å². The Bertz CT molecular complexity index is 1300. The van der Waals surface area contributed by atoms with Crippen LogP contribution in [-0.2, 0) is 29.1 Å². The lowest BCUT2D eigenvalue weighted by Crippen LogP contribution is -2.57. The Morgan fingerprint density at radius 2 is 1.93 bits per heavy atom. The van der Waals surface area contributed by atoms with Crippen LogP contribution in [0.25, 0.3) is 0 Å². The zero-order valence-electron chi connectivity index (χ0n) is 23.3. The molecule has 0 radical (unpaired) electrons. The van der Waals surface area contributed by atoms with Crippen molar-refractivity contribution >= 4 is 33.8 Å². The molecule has 1 saturated heterocycles. The molecule has 0 aromatic rings. The molecule has 4 rings (SSSR count). The average Bonchev–Trinajstić information content (AvgIpc) is 3.79. The summed E-state index contributed by atoms with van der Waals surface area (Å²) < 4.78 is 46.1. The average molecular weight is 597 g/mol. The van der Waals surface area contributed by atoms with E-state index in [-0.39, 0.29) is 25.8 Å². The first-order chi connectivity index (χ1) is 19.0. The fraction of sp³-hybridized carbons (Fsp3) is 0.630. The van der Waals surface area contributed by atoms with E-state index in [1.54, 1.807) is 26.8 Å². The third-order valence-corrected chi connectivity index (χ3v) is 9.57. The van der Waals surface area contributed by atoms with E-state index >= 15 is 0 Å². The second-order valence-electron chi connectivity index (χ2n) is 12.2. The molecule has 12 nitrogen and oxygen atoms in total. The van der Waals surface area contributed by atoms with Crippen molar-refractivity contribution in [3.05, 3.63) is 36.7 Å². The van der Waals surface area contributed by atoms with Crippen LogP contribution in [0.5, 0.6) is 0 Å². The van der Waals surface area contributed by atoms with E-state index in [0.717, 1.165) is 4.90 Å². The van der Waals surface area contributed by atoms with Crippen LogP contribution in [0.4, 0.5) is 9.18 Å². The number of hydrogen-bond donors (Lipinski definition) is 4. The number of alkyl carbamates (subject to hydrolysis) is 1. The number of hydrogen-bond acceptors (Lipinski definition) is 8. The number of ether oxygens (including phenoxy) is 1. The largest absolute Gasteiger partial charge is 0.444 e. The molecule has 3 fully saturated rings. The number of carbonyl (C=O) groups is 4. The molecule has 0 bridgehead atoms. The zero-order valence-corrected chi connectivity index (χ0v) is 24.1. The molecule has 0 spiro atoms. The van der Waals surface area contributed by atoms with Gasteiger partial charge in [0.1, 0.15) is 29.6 Å². The summed E-state index contributed by atoms with van der Waals surface area (Å²) in [5.41, 5.74) is -4.11.